The molecule has 2 aromatic carbocycles. The number of methoxy groups -OCH3 is 1. The number of ether oxygens (including phenoxy) is 1. The molecule has 0 heterocycles. The zero-order chi connectivity index (χ0) is 27.8. The molecule has 204 valence electrons. The molecule has 10 heteroatoms. The van der Waals surface area contributed by atoms with Crippen LogP contribution in [0.5, 0.6) is 5.75 Å². The van der Waals surface area contributed by atoms with Crippen molar-refractivity contribution in [1.82, 2.24) is 10.2 Å². The molecule has 0 unspecified atom stereocenters. The number of aryl methyl sites for hydroxylation is 1. The summed E-state index contributed by atoms with van der Waals surface area (Å²) in [6, 6.07) is 11.8. The molecule has 2 aromatic rings. The summed E-state index contributed by atoms with van der Waals surface area (Å²) in [6.45, 7) is 7.98. The molecular weight excluding hydrogens is 514 g/mol. The topological polar surface area (TPSA) is 96.0 Å². The minimum Gasteiger partial charge on any atom is -0.495 e. The number of halogens is 1. The Bertz CT molecular complexity index is 1190. The number of nitrogens with zero attached hydrogens (tertiary/aromatic N) is 2. The lowest BCUT2D eigenvalue weighted by atomic mass is 10.0. The first-order valence-corrected chi connectivity index (χ1v) is 14.6. The number of hydrogen-bond acceptors (Lipinski definition) is 5. The normalized spacial score (nSPS) is 12.2. The van der Waals surface area contributed by atoms with Gasteiger partial charge in [-0.15, -0.1) is 0 Å². The fourth-order valence-electron chi connectivity index (χ4n) is 4.09. The Morgan fingerprint density at radius 1 is 1.14 bits per heavy atom. The van der Waals surface area contributed by atoms with E-state index in [0.29, 0.717) is 24.4 Å². The maximum absolute atomic E-state index is 13.5. The van der Waals surface area contributed by atoms with Crippen molar-refractivity contribution < 1.29 is 22.7 Å². The van der Waals surface area contributed by atoms with Gasteiger partial charge in [0, 0.05) is 25.6 Å². The summed E-state index contributed by atoms with van der Waals surface area (Å²) in [6.07, 6.45) is 1.91. The highest BCUT2D eigenvalue weighted by Gasteiger charge is 2.29. The minimum atomic E-state index is -3.63. The Balaban J connectivity index is 2.25. The lowest BCUT2D eigenvalue weighted by Gasteiger charge is -2.32. The maximum atomic E-state index is 13.5. The summed E-state index contributed by atoms with van der Waals surface area (Å²) in [5.74, 6) is 0.0199. The van der Waals surface area contributed by atoms with Gasteiger partial charge in [0.05, 0.1) is 24.1 Å². The Kier molecular flexibility index (Phi) is 11.3. The SMILES string of the molecule is CC[C@@H](C(=O)NC(C)C)N(Cc1ccccc1C)C(=O)CCCN(c1ccc(OC)c(Cl)c1)S(C)(=O)=O. The highest BCUT2D eigenvalue weighted by molar-refractivity contribution is 7.92. The van der Waals surface area contributed by atoms with Crippen molar-refractivity contribution in [3.8, 4) is 5.75 Å². The molecule has 2 rings (SSSR count). The fourth-order valence-corrected chi connectivity index (χ4v) is 5.29. The predicted octanol–water partition coefficient (Wildman–Crippen LogP) is 4.54. The first-order chi connectivity index (χ1) is 17.4. The third kappa shape index (κ3) is 8.64. The molecule has 0 saturated heterocycles. The van der Waals surface area contributed by atoms with Crippen LogP contribution in [0, 0.1) is 6.92 Å². The molecule has 8 nitrogen and oxygen atoms in total. The van der Waals surface area contributed by atoms with E-state index in [1.807, 2.05) is 52.0 Å². The van der Waals surface area contributed by atoms with Crippen molar-refractivity contribution in [2.75, 3.05) is 24.2 Å². The molecule has 2 amide bonds. The van der Waals surface area contributed by atoms with Gasteiger partial charge < -0.3 is 15.0 Å². The molecule has 1 N–H and O–H groups in total. The second-order valence-electron chi connectivity index (χ2n) is 9.29. The molecule has 1 atom stereocenters. The van der Waals surface area contributed by atoms with Crippen molar-refractivity contribution in [3.05, 3.63) is 58.6 Å². The number of rotatable bonds is 13. The molecule has 0 aliphatic carbocycles. The van der Waals surface area contributed by atoms with E-state index in [1.165, 1.54) is 17.5 Å². The van der Waals surface area contributed by atoms with Crippen LogP contribution in [0.2, 0.25) is 5.02 Å². The van der Waals surface area contributed by atoms with Gasteiger partial charge in [0.1, 0.15) is 11.8 Å². The van der Waals surface area contributed by atoms with Crippen LogP contribution in [0.3, 0.4) is 0 Å². The smallest absolute Gasteiger partial charge is 0.243 e. The Labute approximate surface area is 226 Å². The summed E-state index contributed by atoms with van der Waals surface area (Å²) >= 11 is 6.21. The second kappa shape index (κ2) is 13.7. The number of amides is 2. The number of benzene rings is 2. The van der Waals surface area contributed by atoms with Gasteiger partial charge in [0.25, 0.3) is 0 Å². The number of anilines is 1. The largest absolute Gasteiger partial charge is 0.495 e. The number of carbonyl (C=O) groups is 2. The number of sulfonamides is 1. The standard InChI is InChI=1S/C27H38ClN3O5S/c1-7-24(27(33)29-19(2)3)30(18-21-12-9-8-11-20(21)4)26(32)13-10-16-31(37(6,34)35)22-14-15-25(36-5)23(28)17-22/h8-9,11-12,14-15,17,19,24H,7,10,13,16,18H2,1-6H3,(H,29,33)/t24-/m0/s1. The number of hydrogen-bond donors (Lipinski definition) is 1. The van der Waals surface area contributed by atoms with E-state index < -0.39 is 16.1 Å². The van der Waals surface area contributed by atoms with E-state index in [-0.39, 0.29) is 42.3 Å². The quantitative estimate of drug-likeness (QED) is 0.394. The van der Waals surface area contributed by atoms with E-state index in [9.17, 15) is 18.0 Å². The van der Waals surface area contributed by atoms with E-state index >= 15 is 0 Å². The summed E-state index contributed by atoms with van der Waals surface area (Å²) in [5, 5.41) is 3.20. The van der Waals surface area contributed by atoms with E-state index in [0.717, 1.165) is 17.4 Å². The summed E-state index contributed by atoms with van der Waals surface area (Å²) in [4.78, 5) is 28.1. The molecule has 0 aliphatic rings. The van der Waals surface area contributed by atoms with E-state index in [1.54, 1.807) is 17.0 Å². The molecular formula is C27H38ClN3O5S. The summed E-state index contributed by atoms with van der Waals surface area (Å²) in [7, 11) is -2.15. The van der Waals surface area contributed by atoms with Crippen LogP contribution in [-0.4, -0.2) is 57.1 Å². The van der Waals surface area contributed by atoms with Crippen LogP contribution in [0.25, 0.3) is 0 Å². The lowest BCUT2D eigenvalue weighted by Crippen LogP contribution is -2.50. The fraction of sp³-hybridized carbons (Fsp3) is 0.481. The molecule has 0 fully saturated rings. The average Bonchev–Trinajstić information content (AvgIpc) is 2.81. The Morgan fingerprint density at radius 3 is 2.35 bits per heavy atom. The number of nitrogens with one attached hydrogen (secondary N) is 1. The monoisotopic (exact) mass is 551 g/mol. The number of carbonyl (C=O) groups excluding carboxylic acids is 2. The first kappa shape index (κ1) is 30.4. The molecule has 0 spiro atoms. The summed E-state index contributed by atoms with van der Waals surface area (Å²) in [5.41, 5.74) is 2.37. The highest BCUT2D eigenvalue weighted by Crippen LogP contribution is 2.30. The van der Waals surface area contributed by atoms with Crippen LogP contribution in [0.1, 0.15) is 51.2 Å². The third-order valence-electron chi connectivity index (χ3n) is 5.99. The lowest BCUT2D eigenvalue weighted by molar-refractivity contribution is -0.141. The Morgan fingerprint density at radius 2 is 1.81 bits per heavy atom. The van der Waals surface area contributed by atoms with Crippen LogP contribution in [0.4, 0.5) is 5.69 Å². The van der Waals surface area contributed by atoms with Crippen molar-refractivity contribution in [2.24, 2.45) is 0 Å². The van der Waals surface area contributed by atoms with Gasteiger partial charge in [-0.2, -0.15) is 0 Å². The van der Waals surface area contributed by atoms with Crippen molar-refractivity contribution in [3.63, 3.8) is 0 Å². The zero-order valence-electron chi connectivity index (χ0n) is 22.5. The van der Waals surface area contributed by atoms with Crippen molar-refractivity contribution >= 4 is 39.1 Å². The van der Waals surface area contributed by atoms with Gasteiger partial charge in [-0.25, -0.2) is 8.42 Å². The van der Waals surface area contributed by atoms with Crippen molar-refractivity contribution in [1.29, 1.82) is 0 Å². The van der Waals surface area contributed by atoms with Gasteiger partial charge in [-0.3, -0.25) is 13.9 Å². The maximum Gasteiger partial charge on any atom is 0.243 e. The second-order valence-corrected chi connectivity index (χ2v) is 11.6. The minimum absolute atomic E-state index is 0.0587. The summed E-state index contributed by atoms with van der Waals surface area (Å²) < 4.78 is 31.4. The zero-order valence-corrected chi connectivity index (χ0v) is 24.0. The predicted molar refractivity (Wildman–Crippen MR) is 149 cm³/mol. The van der Waals surface area contributed by atoms with Gasteiger partial charge in [-0.05, 0) is 62.9 Å². The molecule has 0 radical (unpaired) electrons. The highest BCUT2D eigenvalue weighted by atomic mass is 35.5. The molecule has 0 saturated carbocycles. The van der Waals surface area contributed by atoms with E-state index in [4.69, 9.17) is 16.3 Å². The van der Waals surface area contributed by atoms with Gasteiger partial charge >= 0.3 is 0 Å². The third-order valence-corrected chi connectivity index (χ3v) is 7.48. The molecule has 0 aliphatic heterocycles. The van der Waals surface area contributed by atoms with Gasteiger partial charge in [0.2, 0.25) is 21.8 Å². The van der Waals surface area contributed by atoms with Crippen LogP contribution >= 0.6 is 11.6 Å². The Hall–Kier alpha value is -2.78. The molecule has 0 aromatic heterocycles. The van der Waals surface area contributed by atoms with Crippen LogP contribution < -0.4 is 14.4 Å². The molecule has 0 bridgehead atoms. The van der Waals surface area contributed by atoms with Crippen LogP contribution in [-0.2, 0) is 26.2 Å². The van der Waals surface area contributed by atoms with Gasteiger partial charge in [0.15, 0.2) is 0 Å². The first-order valence-electron chi connectivity index (χ1n) is 12.3. The average molecular weight is 552 g/mol. The van der Waals surface area contributed by atoms with Gasteiger partial charge in [-0.1, -0.05) is 42.8 Å². The van der Waals surface area contributed by atoms with Crippen LogP contribution in [0.15, 0.2) is 42.5 Å². The van der Waals surface area contributed by atoms with E-state index in [2.05, 4.69) is 5.32 Å². The molecule has 37 heavy (non-hydrogen) atoms. The van der Waals surface area contributed by atoms with Crippen molar-refractivity contribution in [2.45, 2.75) is 65.6 Å².